The lowest BCUT2D eigenvalue weighted by Gasteiger charge is -2.28. The number of halogens is 4. The monoisotopic (exact) mass is 668 g/mol. The Kier molecular flexibility index (Phi) is 9.15. The summed E-state index contributed by atoms with van der Waals surface area (Å²) < 4.78 is 22.5. The topological polar surface area (TPSA) is 103 Å². The van der Waals surface area contributed by atoms with Crippen molar-refractivity contribution in [2.75, 3.05) is 26.2 Å². The zero-order valence-electron chi connectivity index (χ0n) is 21.1. The number of anilines is 1. The molecule has 0 spiro atoms. The molecule has 1 N–H and O–H groups in total. The number of carbonyl (C=O) groups excluding carboxylic acids is 3. The Hall–Kier alpha value is -3.44. The zero-order chi connectivity index (χ0) is 29.1. The standard InChI is InChI=1S/C27H20BrCl3N2O7/c1-37-21-11-20(22(38-2)10-19(21)31)33-26(35)15(25(34)32-27(33)36)6-14-7-16(28)24(23(9-14)39-3)40-12-13-4-5-17(29)18(30)8-13/h4-11H,12H2,1-3H3,(H,32,34,36)/b15-6+. The quantitative estimate of drug-likeness (QED) is 0.211. The molecule has 0 atom stereocenters. The van der Waals surface area contributed by atoms with Crippen molar-refractivity contribution in [3.63, 3.8) is 0 Å². The molecule has 0 aliphatic carbocycles. The number of hydrogen-bond donors (Lipinski definition) is 1. The van der Waals surface area contributed by atoms with Gasteiger partial charge in [0.15, 0.2) is 11.5 Å². The van der Waals surface area contributed by atoms with Gasteiger partial charge >= 0.3 is 6.03 Å². The first-order valence-electron chi connectivity index (χ1n) is 11.3. The van der Waals surface area contributed by atoms with Gasteiger partial charge in [-0.15, -0.1) is 0 Å². The van der Waals surface area contributed by atoms with Crippen molar-refractivity contribution < 1.29 is 33.3 Å². The van der Waals surface area contributed by atoms with Crippen LogP contribution in [0, 0.1) is 0 Å². The van der Waals surface area contributed by atoms with E-state index in [4.69, 9.17) is 53.8 Å². The minimum Gasteiger partial charge on any atom is -0.495 e. The molecule has 40 heavy (non-hydrogen) atoms. The first-order valence-corrected chi connectivity index (χ1v) is 13.3. The maximum absolute atomic E-state index is 13.5. The van der Waals surface area contributed by atoms with Crippen LogP contribution in [0.3, 0.4) is 0 Å². The maximum Gasteiger partial charge on any atom is 0.336 e. The first-order chi connectivity index (χ1) is 19.1. The van der Waals surface area contributed by atoms with Gasteiger partial charge in [0.05, 0.1) is 46.6 Å². The summed E-state index contributed by atoms with van der Waals surface area (Å²) in [5, 5.41) is 3.21. The molecule has 3 aromatic rings. The van der Waals surface area contributed by atoms with Gasteiger partial charge in [-0.3, -0.25) is 14.9 Å². The van der Waals surface area contributed by atoms with E-state index >= 15 is 0 Å². The summed E-state index contributed by atoms with van der Waals surface area (Å²) in [7, 11) is 4.18. The van der Waals surface area contributed by atoms with Gasteiger partial charge in [-0.1, -0.05) is 40.9 Å². The SMILES string of the molecule is COc1cc(N2C(=O)NC(=O)/C(=C\c3cc(Br)c(OCc4ccc(Cl)c(Cl)c4)c(OC)c3)C2=O)c(OC)cc1Cl. The third-order valence-electron chi connectivity index (χ3n) is 5.73. The van der Waals surface area contributed by atoms with Crippen LogP contribution >= 0.6 is 50.7 Å². The first kappa shape index (κ1) is 29.5. The summed E-state index contributed by atoms with van der Waals surface area (Å²) in [6.07, 6.45) is 1.33. The van der Waals surface area contributed by atoms with E-state index in [1.54, 1.807) is 30.3 Å². The van der Waals surface area contributed by atoms with Crippen LogP contribution in [0.25, 0.3) is 6.08 Å². The molecular weight excluding hydrogens is 651 g/mol. The summed E-state index contributed by atoms with van der Waals surface area (Å²) in [6, 6.07) is 10.1. The predicted octanol–water partition coefficient (Wildman–Crippen LogP) is 6.68. The van der Waals surface area contributed by atoms with E-state index in [1.165, 1.54) is 39.5 Å². The van der Waals surface area contributed by atoms with Crippen LogP contribution in [0.5, 0.6) is 23.0 Å². The Morgan fingerprint density at radius 2 is 1.55 bits per heavy atom. The molecule has 13 heteroatoms. The van der Waals surface area contributed by atoms with E-state index in [0.717, 1.165) is 10.5 Å². The second-order valence-electron chi connectivity index (χ2n) is 8.19. The van der Waals surface area contributed by atoms with E-state index in [1.807, 2.05) is 0 Å². The number of imide groups is 2. The number of urea groups is 1. The summed E-state index contributed by atoms with van der Waals surface area (Å²) in [6.45, 7) is 0.163. The number of amides is 4. The number of ether oxygens (including phenoxy) is 4. The third-order valence-corrected chi connectivity index (χ3v) is 7.35. The third kappa shape index (κ3) is 6.00. The molecule has 1 heterocycles. The lowest BCUT2D eigenvalue weighted by molar-refractivity contribution is -0.122. The van der Waals surface area contributed by atoms with Crippen LogP contribution in [0.2, 0.25) is 15.1 Å². The van der Waals surface area contributed by atoms with Gasteiger partial charge in [-0.25, -0.2) is 9.69 Å². The highest BCUT2D eigenvalue weighted by atomic mass is 79.9. The molecule has 208 valence electrons. The summed E-state index contributed by atoms with van der Waals surface area (Å²) in [5.41, 5.74) is 0.917. The van der Waals surface area contributed by atoms with Crippen molar-refractivity contribution in [2.24, 2.45) is 0 Å². The molecule has 0 radical (unpaired) electrons. The summed E-state index contributed by atoms with van der Waals surface area (Å²) >= 11 is 21.7. The number of benzene rings is 3. The fourth-order valence-corrected chi connectivity index (χ4v) is 4.94. The van der Waals surface area contributed by atoms with Crippen LogP contribution in [0.4, 0.5) is 10.5 Å². The second kappa shape index (κ2) is 12.4. The molecule has 1 aliphatic heterocycles. The van der Waals surface area contributed by atoms with Crippen molar-refractivity contribution in [2.45, 2.75) is 6.61 Å². The highest BCUT2D eigenvalue weighted by molar-refractivity contribution is 9.10. The van der Waals surface area contributed by atoms with E-state index in [2.05, 4.69) is 21.2 Å². The second-order valence-corrected chi connectivity index (χ2v) is 10.3. The predicted molar refractivity (Wildman–Crippen MR) is 155 cm³/mol. The molecular formula is C27H20BrCl3N2O7. The van der Waals surface area contributed by atoms with Gasteiger partial charge in [-0.2, -0.15) is 0 Å². The van der Waals surface area contributed by atoms with Crippen LogP contribution in [0.15, 0.2) is 52.5 Å². The Morgan fingerprint density at radius 3 is 2.20 bits per heavy atom. The van der Waals surface area contributed by atoms with Gasteiger partial charge in [0.2, 0.25) is 0 Å². The molecule has 1 fully saturated rings. The van der Waals surface area contributed by atoms with E-state index in [-0.39, 0.29) is 34.4 Å². The number of barbiturate groups is 1. The summed E-state index contributed by atoms with van der Waals surface area (Å²) in [4.78, 5) is 39.7. The smallest absolute Gasteiger partial charge is 0.336 e. The highest BCUT2D eigenvalue weighted by Crippen LogP contribution is 2.41. The Bertz CT molecular complexity index is 1560. The van der Waals surface area contributed by atoms with Gasteiger partial charge in [-0.05, 0) is 57.4 Å². The van der Waals surface area contributed by atoms with Crippen molar-refractivity contribution in [3.8, 4) is 23.0 Å². The molecule has 0 aromatic heterocycles. The van der Waals surface area contributed by atoms with Crippen LogP contribution < -0.4 is 29.2 Å². The minimum atomic E-state index is -0.959. The lowest BCUT2D eigenvalue weighted by atomic mass is 10.1. The zero-order valence-corrected chi connectivity index (χ0v) is 25.0. The van der Waals surface area contributed by atoms with Crippen molar-refractivity contribution in [1.29, 1.82) is 0 Å². The van der Waals surface area contributed by atoms with Crippen molar-refractivity contribution in [3.05, 3.63) is 78.7 Å². The normalized spacial score (nSPS) is 14.3. The number of rotatable bonds is 8. The maximum atomic E-state index is 13.5. The minimum absolute atomic E-state index is 0.0365. The molecule has 0 saturated carbocycles. The molecule has 1 saturated heterocycles. The van der Waals surface area contributed by atoms with E-state index < -0.39 is 17.8 Å². The Morgan fingerprint density at radius 1 is 0.850 bits per heavy atom. The van der Waals surface area contributed by atoms with E-state index in [9.17, 15) is 14.4 Å². The van der Waals surface area contributed by atoms with Crippen LogP contribution in [0.1, 0.15) is 11.1 Å². The molecule has 4 rings (SSSR count). The van der Waals surface area contributed by atoms with Crippen LogP contribution in [-0.4, -0.2) is 39.2 Å². The molecule has 9 nitrogen and oxygen atoms in total. The van der Waals surface area contributed by atoms with E-state index in [0.29, 0.717) is 31.6 Å². The molecule has 3 aromatic carbocycles. The van der Waals surface area contributed by atoms with Crippen LogP contribution in [-0.2, 0) is 16.2 Å². The summed E-state index contributed by atoms with van der Waals surface area (Å²) in [5.74, 6) is -0.735. The number of carbonyl (C=O) groups is 3. The molecule has 4 amide bonds. The Balaban J connectivity index is 1.68. The fraction of sp³-hybridized carbons (Fsp3) is 0.148. The highest BCUT2D eigenvalue weighted by Gasteiger charge is 2.38. The average Bonchev–Trinajstić information content (AvgIpc) is 2.92. The molecule has 1 aliphatic rings. The molecule has 0 unspecified atom stereocenters. The van der Waals surface area contributed by atoms with Gasteiger partial charge < -0.3 is 18.9 Å². The largest absolute Gasteiger partial charge is 0.495 e. The fourth-order valence-electron chi connectivity index (χ4n) is 3.81. The Labute approximate surface area is 252 Å². The van der Waals surface area contributed by atoms with Crippen molar-refractivity contribution >= 4 is 80.3 Å². The van der Waals surface area contributed by atoms with Gasteiger partial charge in [0, 0.05) is 12.1 Å². The number of hydrogen-bond acceptors (Lipinski definition) is 7. The number of methoxy groups -OCH3 is 3. The lowest BCUT2D eigenvalue weighted by Crippen LogP contribution is -2.54. The average molecular weight is 671 g/mol. The molecule has 0 bridgehead atoms. The number of nitrogens with one attached hydrogen (secondary N) is 1. The van der Waals surface area contributed by atoms with Crippen molar-refractivity contribution in [1.82, 2.24) is 5.32 Å². The van der Waals surface area contributed by atoms with Gasteiger partial charge in [0.1, 0.15) is 23.7 Å². The van der Waals surface area contributed by atoms with Gasteiger partial charge in [0.25, 0.3) is 11.8 Å². The number of nitrogens with zero attached hydrogens (tertiary/aromatic N) is 1.